The highest BCUT2D eigenvalue weighted by Gasteiger charge is 2.46. The second-order valence-corrected chi connectivity index (χ2v) is 13.9. The van der Waals surface area contributed by atoms with Gasteiger partial charge in [-0.05, 0) is 49.9 Å². The third-order valence-corrected chi connectivity index (χ3v) is 10.3. The fourth-order valence-corrected chi connectivity index (χ4v) is 8.21. The number of pyridine rings is 2. The van der Waals surface area contributed by atoms with E-state index in [-0.39, 0.29) is 34.6 Å². The quantitative estimate of drug-likeness (QED) is 0.278. The van der Waals surface area contributed by atoms with Gasteiger partial charge in [0.1, 0.15) is 22.1 Å². The Labute approximate surface area is 259 Å². The predicted octanol–water partition coefficient (Wildman–Crippen LogP) is 4.87. The average molecular weight is 619 g/mol. The fourth-order valence-electron chi connectivity index (χ4n) is 7.16. The third-order valence-electron chi connectivity index (χ3n) is 9.16. The van der Waals surface area contributed by atoms with Crippen molar-refractivity contribution in [1.29, 1.82) is 0 Å². The first kappa shape index (κ1) is 27.4. The first-order valence-corrected chi connectivity index (χ1v) is 16.8. The van der Waals surface area contributed by atoms with Crippen LogP contribution in [-0.2, 0) is 9.84 Å². The molecule has 45 heavy (non-hydrogen) atoms. The summed E-state index contributed by atoms with van der Waals surface area (Å²) in [7, 11) is -3.75. The van der Waals surface area contributed by atoms with Crippen LogP contribution in [0.15, 0.2) is 84.1 Å². The molecule has 11 nitrogen and oxygen atoms in total. The van der Waals surface area contributed by atoms with Gasteiger partial charge < -0.3 is 15.6 Å². The van der Waals surface area contributed by atoms with Crippen LogP contribution in [0.2, 0.25) is 0 Å². The van der Waals surface area contributed by atoms with Gasteiger partial charge in [0.05, 0.1) is 17.6 Å². The number of benzene rings is 1. The third kappa shape index (κ3) is 4.55. The molecule has 2 saturated heterocycles. The van der Waals surface area contributed by atoms with Crippen LogP contribution in [0.25, 0.3) is 39.1 Å². The van der Waals surface area contributed by atoms with Gasteiger partial charge >= 0.3 is 0 Å². The maximum atomic E-state index is 13.7. The van der Waals surface area contributed by atoms with Crippen LogP contribution in [0.1, 0.15) is 47.8 Å². The molecule has 226 valence electrons. The minimum atomic E-state index is -3.75. The van der Waals surface area contributed by atoms with Crippen molar-refractivity contribution < 1.29 is 13.2 Å². The van der Waals surface area contributed by atoms with Crippen LogP contribution in [0.5, 0.6) is 0 Å². The molecule has 0 saturated carbocycles. The molecule has 2 aliphatic rings. The smallest absolute Gasteiger partial charge is 0.270 e. The van der Waals surface area contributed by atoms with Gasteiger partial charge in [0, 0.05) is 58.7 Å². The van der Waals surface area contributed by atoms with E-state index >= 15 is 0 Å². The molecule has 0 aliphatic carbocycles. The maximum Gasteiger partial charge on any atom is 0.270 e. The molecular formula is C33H30N8O3S. The summed E-state index contributed by atoms with van der Waals surface area (Å²) >= 11 is 0. The second kappa shape index (κ2) is 10.2. The first-order chi connectivity index (χ1) is 21.8. The Hall–Kier alpha value is -5.10. The van der Waals surface area contributed by atoms with E-state index in [4.69, 9.17) is 10.7 Å². The Balaban J connectivity index is 1.16. The lowest BCUT2D eigenvalue weighted by Gasteiger charge is -2.39. The van der Waals surface area contributed by atoms with E-state index in [1.54, 1.807) is 18.6 Å². The molecule has 0 radical (unpaired) electrons. The summed E-state index contributed by atoms with van der Waals surface area (Å²) in [5.74, 6) is -0.224. The van der Waals surface area contributed by atoms with Crippen LogP contribution in [0.4, 0.5) is 5.82 Å². The zero-order valence-electron chi connectivity index (χ0n) is 24.5. The van der Waals surface area contributed by atoms with Gasteiger partial charge in [0.15, 0.2) is 15.5 Å². The van der Waals surface area contributed by atoms with E-state index < -0.39 is 9.84 Å². The highest BCUT2D eigenvalue weighted by atomic mass is 32.2. The molecular weight excluding hydrogens is 588 g/mol. The number of aromatic amines is 1. The first-order valence-electron chi connectivity index (χ1n) is 14.9. The predicted molar refractivity (Wildman–Crippen MR) is 170 cm³/mol. The number of carbonyl (C=O) groups excluding carboxylic acids is 1. The number of carbonyl (C=O) groups is 1. The fraction of sp³-hybridized carbons (Fsp3) is 0.242. The number of nitrogen functional groups attached to an aromatic ring is 1. The molecule has 0 unspecified atom stereocenters. The van der Waals surface area contributed by atoms with Crippen LogP contribution < -0.4 is 5.73 Å². The van der Waals surface area contributed by atoms with Gasteiger partial charge in [-0.1, -0.05) is 36.4 Å². The Bertz CT molecular complexity index is 2160. The summed E-state index contributed by atoms with van der Waals surface area (Å²) in [5, 5.41) is 5.32. The number of hydrogen-bond donors (Lipinski definition) is 2. The van der Waals surface area contributed by atoms with Crippen molar-refractivity contribution in [3.63, 3.8) is 0 Å². The van der Waals surface area contributed by atoms with Gasteiger partial charge in [-0.25, -0.2) is 18.4 Å². The number of aromatic nitrogens is 6. The zero-order valence-corrected chi connectivity index (χ0v) is 25.3. The van der Waals surface area contributed by atoms with E-state index in [2.05, 4.69) is 20.1 Å². The number of fused-ring (bicyclic) bond motifs is 4. The van der Waals surface area contributed by atoms with Crippen LogP contribution in [0.3, 0.4) is 0 Å². The van der Waals surface area contributed by atoms with Crippen molar-refractivity contribution in [2.75, 3.05) is 12.0 Å². The molecule has 2 aliphatic heterocycles. The number of piperidine rings is 1. The minimum Gasteiger partial charge on any atom is -0.382 e. The highest BCUT2D eigenvalue weighted by molar-refractivity contribution is 7.91. The molecule has 8 rings (SSSR count). The van der Waals surface area contributed by atoms with Crippen molar-refractivity contribution in [1.82, 2.24) is 34.4 Å². The number of nitrogens with two attached hydrogens (primary N) is 1. The molecule has 7 heterocycles. The van der Waals surface area contributed by atoms with Crippen molar-refractivity contribution in [3.05, 3.63) is 90.6 Å². The summed E-state index contributed by atoms with van der Waals surface area (Å²) in [5.41, 5.74) is 12.0. The summed E-state index contributed by atoms with van der Waals surface area (Å²) in [6.45, 7) is 0. The topological polar surface area (TPSA) is 152 Å². The van der Waals surface area contributed by atoms with Crippen molar-refractivity contribution in [2.45, 2.75) is 48.6 Å². The minimum absolute atomic E-state index is 0.00747. The SMILES string of the molecule is CS(=O)(=O)c1c([C@H]2C[C@H]3CC[C@@H](C2)N3C(=O)c2cc3cccnc3[nH]2)nc2c(-c3ccc(-c4ccccc4)nc3)cnn2c1N. The van der Waals surface area contributed by atoms with Crippen LogP contribution in [0, 0.1) is 0 Å². The largest absolute Gasteiger partial charge is 0.382 e. The number of nitrogens with one attached hydrogen (secondary N) is 1. The number of amides is 1. The van der Waals surface area contributed by atoms with E-state index in [0.29, 0.717) is 41.1 Å². The Morgan fingerprint density at radius 1 is 0.956 bits per heavy atom. The van der Waals surface area contributed by atoms with Gasteiger partial charge in [0.2, 0.25) is 0 Å². The number of nitrogens with zero attached hydrogens (tertiary/aromatic N) is 6. The van der Waals surface area contributed by atoms with Crippen LogP contribution in [-0.4, -0.2) is 67.1 Å². The lowest BCUT2D eigenvalue weighted by Crippen LogP contribution is -2.46. The lowest BCUT2D eigenvalue weighted by atomic mass is 9.87. The van der Waals surface area contributed by atoms with Crippen LogP contribution >= 0.6 is 0 Å². The lowest BCUT2D eigenvalue weighted by molar-refractivity contribution is 0.0563. The van der Waals surface area contributed by atoms with Gasteiger partial charge in [0.25, 0.3) is 5.91 Å². The Morgan fingerprint density at radius 2 is 1.73 bits per heavy atom. The number of sulfone groups is 1. The molecule has 6 aromatic rings. The Morgan fingerprint density at radius 3 is 2.42 bits per heavy atom. The van der Waals surface area contributed by atoms with Crippen molar-refractivity contribution in [2.24, 2.45) is 0 Å². The average Bonchev–Trinajstić information content (AvgIpc) is 3.74. The molecule has 3 N–H and O–H groups in total. The molecule has 0 spiro atoms. The standard InChI is InChI=1S/C33H30N8O3S/c1-45(43,44)29-28(22-14-23-10-11-24(15-22)40(23)33(42)27-16-20-8-5-13-35-31(20)38-27)39-32-25(18-37-41(32)30(29)34)21-9-12-26(36-17-21)19-6-3-2-4-7-19/h2-9,12-13,16-18,22-24H,10-11,14-15,34H2,1H3,(H,35,38)/t22-,23+,24-. The van der Waals surface area contributed by atoms with Crippen molar-refractivity contribution in [3.8, 4) is 22.4 Å². The maximum absolute atomic E-state index is 13.7. The normalized spacial score (nSPS) is 19.8. The number of H-pyrrole nitrogens is 1. The molecule has 12 heteroatoms. The summed E-state index contributed by atoms with van der Waals surface area (Å²) in [6, 6.07) is 19.3. The molecule has 2 fully saturated rings. The summed E-state index contributed by atoms with van der Waals surface area (Å²) < 4.78 is 27.8. The molecule has 5 aromatic heterocycles. The monoisotopic (exact) mass is 618 g/mol. The van der Waals surface area contributed by atoms with E-state index in [9.17, 15) is 13.2 Å². The molecule has 1 aromatic carbocycles. The van der Waals surface area contributed by atoms with Gasteiger partial charge in [-0.15, -0.1) is 0 Å². The van der Waals surface area contributed by atoms with E-state index in [1.165, 1.54) is 4.52 Å². The second-order valence-electron chi connectivity index (χ2n) is 12.0. The summed E-state index contributed by atoms with van der Waals surface area (Å²) in [6.07, 6.45) is 9.12. The molecule has 1 amide bonds. The molecule has 3 atom stereocenters. The highest BCUT2D eigenvalue weighted by Crippen LogP contribution is 2.46. The molecule has 2 bridgehead atoms. The number of hydrogen-bond acceptors (Lipinski definition) is 8. The Kier molecular flexibility index (Phi) is 6.24. The number of rotatable bonds is 5. The van der Waals surface area contributed by atoms with Crippen molar-refractivity contribution >= 4 is 38.2 Å². The van der Waals surface area contributed by atoms with E-state index in [1.807, 2.05) is 65.6 Å². The van der Waals surface area contributed by atoms with E-state index in [0.717, 1.165) is 41.3 Å². The zero-order chi connectivity index (χ0) is 30.9. The van der Waals surface area contributed by atoms with Gasteiger partial charge in [-0.2, -0.15) is 9.61 Å². The van der Waals surface area contributed by atoms with Gasteiger partial charge in [-0.3, -0.25) is 9.78 Å². The number of anilines is 1. The summed E-state index contributed by atoms with van der Waals surface area (Å²) in [4.78, 5) is 32.8.